The van der Waals surface area contributed by atoms with E-state index in [2.05, 4.69) is 25.9 Å². The van der Waals surface area contributed by atoms with Crippen molar-refractivity contribution in [2.75, 3.05) is 13.7 Å². The first kappa shape index (κ1) is 30.6. The van der Waals surface area contributed by atoms with Gasteiger partial charge in [-0.1, -0.05) is 0 Å². The number of rotatable bonds is 12. The lowest BCUT2D eigenvalue weighted by molar-refractivity contribution is -0.155. The number of carbonyl (C=O) groups is 4. The maximum Gasteiger partial charge on any atom is 0.332 e. The summed E-state index contributed by atoms with van der Waals surface area (Å²) in [6.45, 7) is 5.68. The third kappa shape index (κ3) is 10.0. The first-order chi connectivity index (χ1) is 17.9. The lowest BCUT2D eigenvalue weighted by Gasteiger charge is -2.36. The molecule has 16 nitrogen and oxygen atoms in total. The molecule has 0 aliphatic carbocycles. The molecular formula is C22H38N10O6. The van der Waals surface area contributed by atoms with Crippen molar-refractivity contribution in [2.45, 2.75) is 89.8 Å². The Bertz CT molecular complexity index is 992. The van der Waals surface area contributed by atoms with Crippen LogP contribution in [0.5, 0.6) is 0 Å². The predicted octanol–water partition coefficient (Wildman–Crippen LogP) is -1.21. The van der Waals surface area contributed by atoms with Gasteiger partial charge in [-0.15, -0.1) is 5.10 Å². The van der Waals surface area contributed by atoms with E-state index in [1.54, 1.807) is 20.8 Å². The molecule has 6 N–H and O–H groups in total. The van der Waals surface area contributed by atoms with E-state index in [1.807, 2.05) is 5.43 Å². The Hall–Kier alpha value is -3.66. The minimum absolute atomic E-state index is 0.169. The molecule has 0 radical (unpaired) electrons. The molecule has 0 saturated carbocycles. The number of hydrogen-bond donors (Lipinski definition) is 4. The van der Waals surface area contributed by atoms with Gasteiger partial charge in [0.1, 0.15) is 18.4 Å². The Morgan fingerprint density at radius 3 is 2.66 bits per heavy atom. The number of methoxy groups -OCH3 is 1. The van der Waals surface area contributed by atoms with E-state index in [0.29, 0.717) is 25.2 Å². The van der Waals surface area contributed by atoms with E-state index in [1.165, 1.54) is 22.9 Å². The number of hydrogen-bond acceptors (Lipinski definition) is 11. The topological polar surface area (TPSA) is 222 Å². The summed E-state index contributed by atoms with van der Waals surface area (Å²) in [5.41, 5.74) is 12.5. The third-order valence-corrected chi connectivity index (χ3v) is 5.51. The van der Waals surface area contributed by atoms with Crippen LogP contribution in [-0.4, -0.2) is 92.5 Å². The highest BCUT2D eigenvalue weighted by Crippen LogP contribution is 2.19. The molecule has 1 aromatic rings. The van der Waals surface area contributed by atoms with E-state index < -0.39 is 41.6 Å². The summed E-state index contributed by atoms with van der Waals surface area (Å²) in [4.78, 5) is 51.3. The van der Waals surface area contributed by atoms with E-state index in [-0.39, 0.29) is 25.5 Å². The maximum absolute atomic E-state index is 13.3. The van der Waals surface area contributed by atoms with Gasteiger partial charge in [0.05, 0.1) is 18.5 Å². The average Bonchev–Trinajstić information content (AvgIpc) is 3.27. The molecule has 0 bridgehead atoms. The molecule has 1 aliphatic rings. The summed E-state index contributed by atoms with van der Waals surface area (Å²) in [5.74, 6) is -0.906. The van der Waals surface area contributed by atoms with Crippen LogP contribution >= 0.6 is 0 Å². The summed E-state index contributed by atoms with van der Waals surface area (Å²) in [7, 11) is 1.51. The first-order valence-electron chi connectivity index (χ1n) is 12.3. The normalized spacial score (nSPS) is 17.6. The number of likely N-dealkylation sites (tertiary alicyclic amines) is 1. The van der Waals surface area contributed by atoms with Crippen LogP contribution in [0.15, 0.2) is 5.10 Å². The first-order valence-corrected chi connectivity index (χ1v) is 12.3. The molecule has 1 aromatic heterocycles. The van der Waals surface area contributed by atoms with Crippen LogP contribution in [0.4, 0.5) is 4.79 Å². The van der Waals surface area contributed by atoms with Crippen LogP contribution in [-0.2, 0) is 37.0 Å². The van der Waals surface area contributed by atoms with Gasteiger partial charge >= 0.3 is 12.0 Å². The third-order valence-electron chi connectivity index (χ3n) is 5.51. The van der Waals surface area contributed by atoms with E-state index in [4.69, 9.17) is 20.9 Å². The fourth-order valence-corrected chi connectivity index (χ4v) is 3.89. The monoisotopic (exact) mass is 538 g/mol. The van der Waals surface area contributed by atoms with Gasteiger partial charge in [-0.3, -0.25) is 14.4 Å². The average molecular weight is 539 g/mol. The van der Waals surface area contributed by atoms with E-state index in [9.17, 15) is 19.2 Å². The molecule has 3 atom stereocenters. The molecule has 2 heterocycles. The van der Waals surface area contributed by atoms with Gasteiger partial charge in [-0.25, -0.2) is 14.9 Å². The van der Waals surface area contributed by atoms with Crippen molar-refractivity contribution in [1.82, 2.24) is 35.8 Å². The SMILES string of the molecule is COCn1nnnc1CC[C@H](N)C(=O)N1CCCC[C@H]1C(=O)N[C@H](/C=N/NC(N)=O)CC(=O)OC(C)(C)C. The number of urea groups is 1. The van der Waals surface area contributed by atoms with Crippen LogP contribution in [0.1, 0.15) is 58.7 Å². The lowest BCUT2D eigenvalue weighted by Crippen LogP contribution is -2.57. The zero-order valence-corrected chi connectivity index (χ0v) is 22.3. The van der Waals surface area contributed by atoms with E-state index in [0.717, 1.165) is 12.8 Å². The van der Waals surface area contributed by atoms with Crippen molar-refractivity contribution < 1.29 is 28.7 Å². The quantitative estimate of drug-likeness (QED) is 0.141. The summed E-state index contributed by atoms with van der Waals surface area (Å²) in [5, 5.41) is 17.7. The molecule has 0 unspecified atom stereocenters. The van der Waals surface area contributed by atoms with Gasteiger partial charge in [-0.2, -0.15) is 5.10 Å². The van der Waals surface area contributed by atoms with Crippen LogP contribution in [0.3, 0.4) is 0 Å². The van der Waals surface area contributed by atoms with Gasteiger partial charge in [-0.05, 0) is 56.9 Å². The summed E-state index contributed by atoms with van der Waals surface area (Å²) in [6, 6.07) is -3.50. The number of nitrogens with two attached hydrogens (primary N) is 2. The zero-order valence-electron chi connectivity index (χ0n) is 22.3. The second-order valence-corrected chi connectivity index (χ2v) is 9.86. The van der Waals surface area contributed by atoms with Crippen molar-refractivity contribution in [1.29, 1.82) is 0 Å². The number of aromatic nitrogens is 4. The lowest BCUT2D eigenvalue weighted by atomic mass is 9.98. The van der Waals surface area contributed by atoms with Crippen molar-refractivity contribution in [3.8, 4) is 0 Å². The summed E-state index contributed by atoms with van der Waals surface area (Å²) in [6.07, 6.45) is 3.42. The second kappa shape index (κ2) is 14.3. The summed E-state index contributed by atoms with van der Waals surface area (Å²) >= 11 is 0. The van der Waals surface area contributed by atoms with Crippen molar-refractivity contribution in [2.24, 2.45) is 16.6 Å². The number of aryl methyl sites for hydroxylation is 1. The molecule has 0 aromatic carbocycles. The van der Waals surface area contributed by atoms with Crippen LogP contribution < -0.4 is 22.2 Å². The highest BCUT2D eigenvalue weighted by atomic mass is 16.6. The Kier molecular flexibility index (Phi) is 11.5. The number of nitrogens with one attached hydrogen (secondary N) is 2. The van der Waals surface area contributed by atoms with Gasteiger partial charge in [0.15, 0.2) is 5.82 Å². The minimum atomic E-state index is -0.920. The number of amides is 4. The number of esters is 1. The van der Waals surface area contributed by atoms with Gasteiger partial charge in [0.2, 0.25) is 11.8 Å². The zero-order chi connectivity index (χ0) is 28.3. The number of hydrazone groups is 1. The number of nitrogens with zero attached hydrogens (tertiary/aromatic N) is 6. The minimum Gasteiger partial charge on any atom is -0.460 e. The smallest absolute Gasteiger partial charge is 0.332 e. The Labute approximate surface area is 220 Å². The number of ether oxygens (including phenoxy) is 2. The van der Waals surface area contributed by atoms with Crippen molar-refractivity contribution >= 4 is 30.0 Å². The fraction of sp³-hybridized carbons (Fsp3) is 0.727. The predicted molar refractivity (Wildman–Crippen MR) is 134 cm³/mol. The fourth-order valence-electron chi connectivity index (χ4n) is 3.89. The maximum atomic E-state index is 13.3. The Balaban J connectivity index is 2.07. The number of tetrazole rings is 1. The molecule has 16 heteroatoms. The second-order valence-electron chi connectivity index (χ2n) is 9.86. The Morgan fingerprint density at radius 2 is 2.00 bits per heavy atom. The number of primary amides is 1. The van der Waals surface area contributed by atoms with Crippen LogP contribution in [0, 0.1) is 0 Å². The summed E-state index contributed by atoms with van der Waals surface area (Å²) < 4.78 is 11.8. The molecule has 0 spiro atoms. The molecule has 4 amide bonds. The largest absolute Gasteiger partial charge is 0.460 e. The molecule has 1 aliphatic heterocycles. The van der Waals surface area contributed by atoms with Crippen LogP contribution in [0.25, 0.3) is 0 Å². The Morgan fingerprint density at radius 1 is 1.26 bits per heavy atom. The molecular weight excluding hydrogens is 500 g/mol. The van der Waals surface area contributed by atoms with E-state index >= 15 is 0 Å². The highest BCUT2D eigenvalue weighted by Gasteiger charge is 2.35. The van der Waals surface area contributed by atoms with Crippen molar-refractivity contribution in [3.05, 3.63) is 5.82 Å². The standard InChI is InChI=1S/C22H38N10O6/c1-22(2,3)38-18(33)11-14(12-25-28-21(24)36)26-19(34)16-7-5-6-10-31(16)20(35)15(23)8-9-17-27-29-30-32(17)13-37-4/h12,14-16H,5-11,13,23H2,1-4H3,(H,26,34)(H3,24,28,36)/b25-12+/t14-,15-,16-/m0/s1. The van der Waals surface area contributed by atoms with Crippen molar-refractivity contribution in [3.63, 3.8) is 0 Å². The van der Waals surface area contributed by atoms with Gasteiger partial charge in [0.25, 0.3) is 0 Å². The molecule has 38 heavy (non-hydrogen) atoms. The highest BCUT2D eigenvalue weighted by molar-refractivity contribution is 5.92. The number of carbonyl (C=O) groups excluding carboxylic acids is 4. The van der Waals surface area contributed by atoms with Crippen LogP contribution in [0.2, 0.25) is 0 Å². The molecule has 2 rings (SSSR count). The molecule has 1 saturated heterocycles. The number of piperidine rings is 1. The molecule has 212 valence electrons. The van der Waals surface area contributed by atoms with Gasteiger partial charge in [0, 0.05) is 26.3 Å². The molecule has 1 fully saturated rings. The van der Waals surface area contributed by atoms with Gasteiger partial charge < -0.3 is 31.2 Å².